The molecule has 3 aromatic rings. The Kier molecular flexibility index (Phi) is 6.31. The quantitative estimate of drug-likeness (QED) is 0.436. The normalized spacial score (nSPS) is 10.6. The zero-order valence-corrected chi connectivity index (χ0v) is 15.4. The molecule has 0 atom stereocenters. The predicted molar refractivity (Wildman–Crippen MR) is 107 cm³/mol. The summed E-state index contributed by atoms with van der Waals surface area (Å²) in [6.07, 6.45) is 4.54. The van der Waals surface area contributed by atoms with E-state index < -0.39 is 0 Å². The van der Waals surface area contributed by atoms with Crippen molar-refractivity contribution in [3.8, 4) is 11.5 Å². The largest absolute Gasteiger partial charge is 0.491 e. The molecule has 0 unspecified atom stereocenters. The summed E-state index contributed by atoms with van der Waals surface area (Å²) in [6, 6.07) is 19.5. The van der Waals surface area contributed by atoms with Crippen molar-refractivity contribution in [2.45, 2.75) is 0 Å². The van der Waals surface area contributed by atoms with Crippen molar-refractivity contribution < 1.29 is 19.1 Å². The van der Waals surface area contributed by atoms with Gasteiger partial charge < -0.3 is 9.47 Å². The van der Waals surface area contributed by atoms with Crippen LogP contribution in [0.1, 0.15) is 26.4 Å². The number of hydrogen-bond acceptors (Lipinski definition) is 5. The van der Waals surface area contributed by atoms with Crippen LogP contribution < -0.4 is 9.47 Å². The molecule has 140 valence electrons. The van der Waals surface area contributed by atoms with Crippen LogP contribution in [-0.2, 0) is 0 Å². The molecule has 0 radical (unpaired) electrons. The molecule has 0 amide bonds. The fourth-order valence-corrected chi connectivity index (χ4v) is 2.51. The van der Waals surface area contributed by atoms with Crippen LogP contribution in [0.2, 0.25) is 0 Å². The molecule has 0 spiro atoms. The Hall–Kier alpha value is -3.73. The van der Waals surface area contributed by atoms with Crippen molar-refractivity contribution in [2.75, 3.05) is 13.7 Å². The number of carbonyl (C=O) groups excluding carboxylic acids is 2. The van der Waals surface area contributed by atoms with Gasteiger partial charge in [0.25, 0.3) is 0 Å². The molecule has 0 saturated carbocycles. The molecular formula is C23H19NO4. The van der Waals surface area contributed by atoms with E-state index in [4.69, 9.17) is 9.47 Å². The lowest BCUT2D eigenvalue weighted by Gasteiger charge is -2.10. The standard InChI is InChI=1S/C23H19NO4/c1-27-23-15-24-19(12-13-20(25)17-8-4-2-5-9-17)14-22(23)28-16-21(26)18-10-6-3-7-11-18/h2-15H,16H2,1H3. The maximum Gasteiger partial charge on any atom is 0.200 e. The van der Waals surface area contributed by atoms with Crippen LogP contribution in [-0.4, -0.2) is 30.3 Å². The maximum atomic E-state index is 12.2. The minimum atomic E-state index is -0.143. The molecule has 0 fully saturated rings. The van der Waals surface area contributed by atoms with Gasteiger partial charge in [-0.3, -0.25) is 14.6 Å². The predicted octanol–water partition coefficient (Wildman–Crippen LogP) is 4.25. The number of hydrogen-bond donors (Lipinski definition) is 0. The van der Waals surface area contributed by atoms with Crippen LogP contribution >= 0.6 is 0 Å². The van der Waals surface area contributed by atoms with Gasteiger partial charge in [-0.2, -0.15) is 0 Å². The monoisotopic (exact) mass is 373 g/mol. The molecular weight excluding hydrogens is 354 g/mol. The van der Waals surface area contributed by atoms with Gasteiger partial charge in [0.1, 0.15) is 0 Å². The lowest BCUT2D eigenvalue weighted by Crippen LogP contribution is -2.12. The highest BCUT2D eigenvalue weighted by Crippen LogP contribution is 2.27. The third kappa shape index (κ3) is 4.92. The van der Waals surface area contributed by atoms with Crippen molar-refractivity contribution in [1.82, 2.24) is 4.98 Å². The van der Waals surface area contributed by atoms with Gasteiger partial charge >= 0.3 is 0 Å². The van der Waals surface area contributed by atoms with Crippen LogP contribution in [0, 0.1) is 0 Å². The van der Waals surface area contributed by atoms with Gasteiger partial charge in [0.15, 0.2) is 29.7 Å². The van der Waals surface area contributed by atoms with Crippen LogP contribution in [0.3, 0.4) is 0 Å². The average Bonchev–Trinajstić information content (AvgIpc) is 2.77. The van der Waals surface area contributed by atoms with Gasteiger partial charge in [0.2, 0.25) is 0 Å². The third-order valence-corrected chi connectivity index (χ3v) is 3.99. The molecule has 1 heterocycles. The van der Waals surface area contributed by atoms with E-state index >= 15 is 0 Å². The summed E-state index contributed by atoms with van der Waals surface area (Å²) in [6.45, 7) is -0.128. The maximum absolute atomic E-state index is 12.2. The van der Waals surface area contributed by atoms with Crippen LogP contribution in [0.4, 0.5) is 0 Å². The first kappa shape index (κ1) is 19.0. The van der Waals surface area contributed by atoms with Crippen LogP contribution in [0.15, 0.2) is 79.0 Å². The lowest BCUT2D eigenvalue weighted by atomic mass is 10.1. The highest BCUT2D eigenvalue weighted by atomic mass is 16.5. The van der Waals surface area contributed by atoms with E-state index in [-0.39, 0.29) is 18.2 Å². The topological polar surface area (TPSA) is 65.5 Å². The molecule has 0 aliphatic heterocycles. The first-order chi connectivity index (χ1) is 13.7. The number of allylic oxidation sites excluding steroid dienone is 1. The fraction of sp³-hybridized carbons (Fsp3) is 0.0870. The van der Waals surface area contributed by atoms with Crippen molar-refractivity contribution in [3.63, 3.8) is 0 Å². The highest BCUT2D eigenvalue weighted by molar-refractivity contribution is 6.06. The molecule has 2 aromatic carbocycles. The summed E-state index contributed by atoms with van der Waals surface area (Å²) in [5.74, 6) is 0.525. The van der Waals surface area contributed by atoms with Gasteiger partial charge in [0, 0.05) is 17.2 Å². The summed E-state index contributed by atoms with van der Waals surface area (Å²) in [7, 11) is 1.50. The zero-order chi connectivity index (χ0) is 19.8. The van der Waals surface area contributed by atoms with Gasteiger partial charge in [-0.15, -0.1) is 0 Å². The SMILES string of the molecule is COc1cnc(C=CC(=O)c2ccccc2)cc1OCC(=O)c1ccccc1. The van der Waals surface area contributed by atoms with E-state index in [1.807, 2.05) is 24.3 Å². The van der Waals surface area contributed by atoms with Gasteiger partial charge in [-0.25, -0.2) is 0 Å². The molecule has 0 bridgehead atoms. The van der Waals surface area contributed by atoms with Crippen LogP contribution in [0.5, 0.6) is 11.5 Å². The Morgan fingerprint density at radius 1 is 0.929 bits per heavy atom. The number of benzene rings is 2. The highest BCUT2D eigenvalue weighted by Gasteiger charge is 2.11. The summed E-state index contributed by atoms with van der Waals surface area (Å²) in [5.41, 5.74) is 1.69. The van der Waals surface area contributed by atoms with E-state index in [2.05, 4.69) is 4.98 Å². The molecule has 5 heteroatoms. The second-order valence-corrected chi connectivity index (χ2v) is 5.90. The first-order valence-corrected chi connectivity index (χ1v) is 8.70. The third-order valence-electron chi connectivity index (χ3n) is 3.99. The first-order valence-electron chi connectivity index (χ1n) is 8.70. The van der Waals surface area contributed by atoms with E-state index in [1.165, 1.54) is 19.4 Å². The fourth-order valence-electron chi connectivity index (χ4n) is 2.51. The number of aromatic nitrogens is 1. The van der Waals surface area contributed by atoms with Crippen molar-refractivity contribution >= 4 is 17.6 Å². The Labute approximate surface area is 163 Å². The lowest BCUT2D eigenvalue weighted by molar-refractivity contribution is 0.0919. The molecule has 5 nitrogen and oxygen atoms in total. The van der Waals surface area contributed by atoms with Crippen molar-refractivity contribution in [2.24, 2.45) is 0 Å². The number of ether oxygens (including phenoxy) is 2. The number of methoxy groups -OCH3 is 1. The molecule has 0 aliphatic carbocycles. The van der Waals surface area contributed by atoms with E-state index in [1.54, 1.807) is 48.5 Å². The smallest absolute Gasteiger partial charge is 0.200 e. The zero-order valence-electron chi connectivity index (χ0n) is 15.4. The minimum absolute atomic E-state index is 0.125. The number of pyridine rings is 1. The molecule has 3 rings (SSSR count). The van der Waals surface area contributed by atoms with Crippen molar-refractivity contribution in [1.29, 1.82) is 0 Å². The summed E-state index contributed by atoms with van der Waals surface area (Å²) < 4.78 is 10.9. The molecule has 0 N–H and O–H groups in total. The minimum Gasteiger partial charge on any atom is -0.491 e. The summed E-state index contributed by atoms with van der Waals surface area (Å²) in [5, 5.41) is 0. The van der Waals surface area contributed by atoms with Gasteiger partial charge in [-0.1, -0.05) is 60.7 Å². The average molecular weight is 373 g/mol. The number of carbonyl (C=O) groups is 2. The van der Waals surface area contributed by atoms with E-state index in [0.29, 0.717) is 28.3 Å². The Bertz CT molecular complexity index is 982. The van der Waals surface area contributed by atoms with E-state index in [9.17, 15) is 9.59 Å². The molecule has 0 saturated heterocycles. The molecule has 0 aliphatic rings. The van der Waals surface area contributed by atoms with E-state index in [0.717, 1.165) is 0 Å². The number of ketones is 2. The number of rotatable bonds is 8. The van der Waals surface area contributed by atoms with Gasteiger partial charge in [0.05, 0.1) is 19.0 Å². The Morgan fingerprint density at radius 3 is 2.21 bits per heavy atom. The van der Waals surface area contributed by atoms with Crippen molar-refractivity contribution in [3.05, 3.63) is 95.8 Å². The second kappa shape index (κ2) is 9.28. The molecule has 28 heavy (non-hydrogen) atoms. The summed E-state index contributed by atoms with van der Waals surface area (Å²) in [4.78, 5) is 28.6. The number of Topliss-reactive ketones (excluding diaryl/α,β-unsaturated/α-hetero) is 1. The summed E-state index contributed by atoms with van der Waals surface area (Å²) >= 11 is 0. The second-order valence-electron chi connectivity index (χ2n) is 5.90. The van der Waals surface area contributed by atoms with Gasteiger partial charge in [-0.05, 0) is 12.2 Å². The Balaban J connectivity index is 1.72. The molecule has 1 aromatic heterocycles. The van der Waals surface area contributed by atoms with Crippen LogP contribution in [0.25, 0.3) is 6.08 Å². The Morgan fingerprint density at radius 2 is 1.57 bits per heavy atom. The number of nitrogens with zero attached hydrogens (tertiary/aromatic N) is 1.